The molecule has 0 bridgehead atoms. The molecule has 1 heterocycles. The van der Waals surface area contributed by atoms with Gasteiger partial charge in [0.05, 0.1) is 14.7 Å². The monoisotopic (exact) mass is 346 g/mol. The molecule has 0 N–H and O–H groups in total. The van der Waals surface area contributed by atoms with Crippen molar-refractivity contribution in [2.24, 2.45) is 5.92 Å². The molecule has 2 aromatic carbocycles. The van der Waals surface area contributed by atoms with Crippen LogP contribution in [0.2, 0.25) is 0 Å². The van der Waals surface area contributed by atoms with Crippen LogP contribution < -0.4 is 4.90 Å². The molecule has 1 fully saturated rings. The maximum atomic E-state index is 12.6. The van der Waals surface area contributed by atoms with Crippen LogP contribution in [0.4, 0.5) is 11.4 Å². The van der Waals surface area contributed by atoms with E-state index in [0.29, 0.717) is 5.92 Å². The Labute approximate surface area is 140 Å². The molecule has 1 aliphatic rings. The van der Waals surface area contributed by atoms with Crippen LogP contribution in [0.15, 0.2) is 58.3 Å². The maximum absolute atomic E-state index is 12.6. The largest absolute Gasteiger partial charge is 0.371 e. The Bertz CT molecular complexity index is 856. The van der Waals surface area contributed by atoms with Crippen LogP contribution in [0.25, 0.3) is 0 Å². The second kappa shape index (κ2) is 6.24. The summed E-state index contributed by atoms with van der Waals surface area (Å²) in [5, 5.41) is 10.8. The molecule has 1 aliphatic heterocycles. The number of hydrogen-bond acceptors (Lipinski definition) is 5. The van der Waals surface area contributed by atoms with Gasteiger partial charge in [0.15, 0.2) is 0 Å². The van der Waals surface area contributed by atoms with Crippen molar-refractivity contribution in [3.8, 4) is 0 Å². The fraction of sp³-hybridized carbons (Fsp3) is 0.294. The van der Waals surface area contributed by atoms with Crippen molar-refractivity contribution in [3.05, 3.63) is 58.6 Å². The third-order valence-electron chi connectivity index (χ3n) is 4.39. The molecule has 0 aliphatic carbocycles. The van der Waals surface area contributed by atoms with Gasteiger partial charge in [-0.2, -0.15) is 0 Å². The maximum Gasteiger partial charge on any atom is 0.270 e. The summed E-state index contributed by atoms with van der Waals surface area (Å²) in [6.45, 7) is 4.15. The quantitative estimate of drug-likeness (QED) is 0.613. The van der Waals surface area contributed by atoms with Crippen molar-refractivity contribution in [2.75, 3.05) is 18.0 Å². The Hall–Kier alpha value is -2.41. The Morgan fingerprint density at radius 1 is 1.12 bits per heavy atom. The molecule has 0 radical (unpaired) electrons. The van der Waals surface area contributed by atoms with Crippen LogP contribution in [-0.2, 0) is 9.84 Å². The van der Waals surface area contributed by atoms with Crippen LogP contribution in [-0.4, -0.2) is 26.4 Å². The average molecular weight is 346 g/mol. The average Bonchev–Trinajstić information content (AvgIpc) is 2.54. The molecule has 3 rings (SSSR count). The summed E-state index contributed by atoms with van der Waals surface area (Å²) in [5.41, 5.74) is 0.761. The zero-order chi connectivity index (χ0) is 17.3. The van der Waals surface area contributed by atoms with Gasteiger partial charge in [-0.25, -0.2) is 8.42 Å². The van der Waals surface area contributed by atoms with Crippen LogP contribution >= 0.6 is 0 Å². The molecule has 126 valence electrons. The molecule has 0 aromatic heterocycles. The Morgan fingerprint density at radius 2 is 1.79 bits per heavy atom. The van der Waals surface area contributed by atoms with Crippen LogP contribution in [0.1, 0.15) is 13.3 Å². The number of nitro groups is 1. The second-order valence-electron chi connectivity index (χ2n) is 5.93. The third-order valence-corrected chi connectivity index (χ3v) is 6.15. The zero-order valence-electron chi connectivity index (χ0n) is 13.3. The lowest BCUT2D eigenvalue weighted by Gasteiger charge is -2.40. The zero-order valence-corrected chi connectivity index (χ0v) is 14.1. The Balaban J connectivity index is 1.85. The third kappa shape index (κ3) is 2.99. The number of nitro benzene ring substituents is 1. The number of anilines is 1. The number of benzene rings is 2. The second-order valence-corrected chi connectivity index (χ2v) is 7.88. The van der Waals surface area contributed by atoms with E-state index in [-0.39, 0.29) is 15.5 Å². The van der Waals surface area contributed by atoms with Gasteiger partial charge in [-0.3, -0.25) is 10.1 Å². The normalized spacial score (nSPS) is 15.1. The predicted molar refractivity (Wildman–Crippen MR) is 91.0 cm³/mol. The molecule has 2 aromatic rings. The van der Waals surface area contributed by atoms with E-state index in [9.17, 15) is 18.5 Å². The summed E-state index contributed by atoms with van der Waals surface area (Å²) in [4.78, 5) is 12.5. The fourth-order valence-electron chi connectivity index (χ4n) is 2.78. The summed E-state index contributed by atoms with van der Waals surface area (Å²) >= 11 is 0. The fourth-order valence-corrected chi connectivity index (χ4v) is 4.08. The first-order valence-corrected chi connectivity index (χ1v) is 9.24. The van der Waals surface area contributed by atoms with E-state index in [1.165, 1.54) is 18.2 Å². The van der Waals surface area contributed by atoms with Gasteiger partial charge in [0.2, 0.25) is 9.84 Å². The van der Waals surface area contributed by atoms with Gasteiger partial charge in [-0.05, 0) is 42.7 Å². The summed E-state index contributed by atoms with van der Waals surface area (Å²) in [7, 11) is -3.76. The lowest BCUT2D eigenvalue weighted by molar-refractivity contribution is -0.385. The molecule has 0 spiro atoms. The number of nitrogens with zero attached hydrogens (tertiary/aromatic N) is 2. The van der Waals surface area contributed by atoms with E-state index >= 15 is 0 Å². The van der Waals surface area contributed by atoms with E-state index in [1.54, 1.807) is 24.3 Å². The van der Waals surface area contributed by atoms with Crippen molar-refractivity contribution in [1.29, 1.82) is 0 Å². The summed E-state index contributed by atoms with van der Waals surface area (Å²) in [6.07, 6.45) is 1.15. The van der Waals surface area contributed by atoms with Crippen molar-refractivity contribution >= 4 is 21.2 Å². The SMILES string of the molecule is CCC1CN(c2ccc(S(=O)(=O)c3cccc([N+](=O)[O-])c3)cc2)C1. The Kier molecular flexibility index (Phi) is 4.28. The van der Waals surface area contributed by atoms with Gasteiger partial charge in [0.25, 0.3) is 5.69 Å². The summed E-state index contributed by atoms with van der Waals surface area (Å²) in [6, 6.07) is 11.8. The van der Waals surface area contributed by atoms with E-state index < -0.39 is 14.8 Å². The minimum absolute atomic E-state index is 0.0700. The van der Waals surface area contributed by atoms with Gasteiger partial charge in [0.1, 0.15) is 0 Å². The molecule has 24 heavy (non-hydrogen) atoms. The first kappa shape index (κ1) is 16.4. The number of rotatable bonds is 5. The number of hydrogen-bond donors (Lipinski definition) is 0. The lowest BCUT2D eigenvalue weighted by Crippen LogP contribution is -2.46. The standard InChI is InChI=1S/C17H18N2O4S/c1-2-13-11-18(12-13)14-6-8-16(9-7-14)24(22,23)17-5-3-4-15(10-17)19(20)21/h3-10,13H,2,11-12H2,1H3. The molecule has 0 saturated carbocycles. The van der Waals surface area contributed by atoms with Gasteiger partial charge < -0.3 is 4.90 Å². The van der Waals surface area contributed by atoms with E-state index in [4.69, 9.17) is 0 Å². The van der Waals surface area contributed by atoms with Gasteiger partial charge in [-0.1, -0.05) is 13.0 Å². The highest BCUT2D eigenvalue weighted by Crippen LogP contribution is 2.29. The molecule has 0 unspecified atom stereocenters. The van der Waals surface area contributed by atoms with Crippen molar-refractivity contribution in [3.63, 3.8) is 0 Å². The minimum atomic E-state index is -3.76. The molecular formula is C17H18N2O4S. The molecule has 6 nitrogen and oxygen atoms in total. The van der Waals surface area contributed by atoms with E-state index in [0.717, 1.165) is 31.3 Å². The van der Waals surface area contributed by atoms with Crippen molar-refractivity contribution < 1.29 is 13.3 Å². The van der Waals surface area contributed by atoms with Crippen LogP contribution in [0.5, 0.6) is 0 Å². The minimum Gasteiger partial charge on any atom is -0.371 e. The highest BCUT2D eigenvalue weighted by Gasteiger charge is 2.26. The van der Waals surface area contributed by atoms with Gasteiger partial charge in [-0.15, -0.1) is 0 Å². The molecule has 7 heteroatoms. The van der Waals surface area contributed by atoms with Crippen LogP contribution in [0.3, 0.4) is 0 Å². The lowest BCUT2D eigenvalue weighted by atomic mass is 9.97. The molecule has 0 atom stereocenters. The Morgan fingerprint density at radius 3 is 2.38 bits per heavy atom. The molecule has 1 saturated heterocycles. The predicted octanol–water partition coefficient (Wildman–Crippen LogP) is 3.27. The first-order valence-electron chi connectivity index (χ1n) is 7.76. The summed E-state index contributed by atoms with van der Waals surface area (Å²) in [5.74, 6) is 0.707. The van der Waals surface area contributed by atoms with E-state index in [2.05, 4.69) is 11.8 Å². The van der Waals surface area contributed by atoms with Crippen molar-refractivity contribution in [1.82, 2.24) is 0 Å². The van der Waals surface area contributed by atoms with Gasteiger partial charge in [0, 0.05) is 30.9 Å². The van der Waals surface area contributed by atoms with E-state index in [1.807, 2.05) is 0 Å². The summed E-state index contributed by atoms with van der Waals surface area (Å²) < 4.78 is 25.3. The molecule has 0 amide bonds. The topological polar surface area (TPSA) is 80.5 Å². The number of sulfone groups is 1. The number of non-ortho nitro benzene ring substituents is 1. The van der Waals surface area contributed by atoms with Crippen molar-refractivity contribution in [2.45, 2.75) is 23.1 Å². The first-order chi connectivity index (χ1) is 11.4. The highest BCUT2D eigenvalue weighted by molar-refractivity contribution is 7.91. The smallest absolute Gasteiger partial charge is 0.270 e. The van der Waals surface area contributed by atoms with Crippen LogP contribution in [0, 0.1) is 16.0 Å². The molecular weight excluding hydrogens is 328 g/mol. The van der Waals surface area contributed by atoms with Gasteiger partial charge >= 0.3 is 0 Å². The highest BCUT2D eigenvalue weighted by atomic mass is 32.2.